The van der Waals surface area contributed by atoms with Crippen LogP contribution in [0.15, 0.2) is 54.6 Å². The standard InChI is InChI=1S/C28H25F3N3O3P/c1-3-38(36,4-2)16-9-10-17(19(29)13-16)15-8-11-20-22(12-15)34-23-14-21(26(34)32-20)33-27(35)18-6-5-7-24(25(18)23)37-28(30)31/h5-13,21,23,28H,3-4,14H2,1-2H3,(H,33,35)/t21-,23-/m1/s1. The number of rotatable bonds is 6. The van der Waals surface area contributed by atoms with Gasteiger partial charge < -0.3 is 19.2 Å². The molecule has 1 amide bonds. The van der Waals surface area contributed by atoms with Crippen molar-refractivity contribution in [3.05, 3.63) is 77.4 Å². The van der Waals surface area contributed by atoms with Gasteiger partial charge in [-0.05, 0) is 42.3 Å². The topological polar surface area (TPSA) is 73.2 Å². The largest absolute Gasteiger partial charge is 0.434 e. The molecule has 6 nitrogen and oxygen atoms in total. The normalized spacial score (nSPS) is 18.3. The Balaban J connectivity index is 1.50. The highest BCUT2D eigenvalue weighted by atomic mass is 31.2. The monoisotopic (exact) mass is 539 g/mol. The molecule has 0 radical (unpaired) electrons. The van der Waals surface area contributed by atoms with Gasteiger partial charge in [-0.3, -0.25) is 4.79 Å². The lowest BCUT2D eigenvalue weighted by atomic mass is 9.97. The van der Waals surface area contributed by atoms with Gasteiger partial charge in [-0.2, -0.15) is 8.78 Å². The molecule has 4 aromatic rings. The number of benzene rings is 3. The number of alkyl halides is 2. The van der Waals surface area contributed by atoms with E-state index in [0.717, 1.165) is 0 Å². The molecule has 196 valence electrons. The third-order valence-electron chi connectivity index (χ3n) is 7.72. The van der Waals surface area contributed by atoms with Crippen LogP contribution in [0, 0.1) is 5.82 Å². The maximum absolute atomic E-state index is 15.3. The fourth-order valence-electron chi connectivity index (χ4n) is 5.76. The van der Waals surface area contributed by atoms with Gasteiger partial charge in [0.15, 0.2) is 0 Å². The number of carbonyl (C=O) groups is 1. The number of aromatic nitrogens is 2. The maximum atomic E-state index is 15.3. The lowest BCUT2D eigenvalue weighted by Crippen LogP contribution is -2.28. The molecule has 1 aromatic heterocycles. The molecule has 0 saturated carbocycles. The highest BCUT2D eigenvalue weighted by Gasteiger charge is 2.42. The Kier molecular flexibility index (Phi) is 5.87. The molecule has 2 aliphatic heterocycles. The molecule has 0 aliphatic carbocycles. The predicted molar refractivity (Wildman–Crippen MR) is 139 cm³/mol. The average molecular weight is 539 g/mol. The molecule has 2 atom stereocenters. The second kappa shape index (κ2) is 9.02. The summed E-state index contributed by atoms with van der Waals surface area (Å²) in [6.45, 7) is 0.652. The van der Waals surface area contributed by atoms with Crippen LogP contribution < -0.4 is 15.4 Å². The van der Waals surface area contributed by atoms with Gasteiger partial charge in [-0.15, -0.1) is 0 Å². The van der Waals surface area contributed by atoms with Crippen molar-refractivity contribution in [2.45, 2.75) is 39.0 Å². The van der Waals surface area contributed by atoms with Crippen molar-refractivity contribution in [1.82, 2.24) is 14.9 Å². The van der Waals surface area contributed by atoms with Crippen LogP contribution in [0.2, 0.25) is 0 Å². The van der Waals surface area contributed by atoms with E-state index in [4.69, 9.17) is 9.72 Å². The first kappa shape index (κ1) is 24.7. The molecule has 6 rings (SSSR count). The van der Waals surface area contributed by atoms with Crippen LogP contribution in [0.3, 0.4) is 0 Å². The number of hydrogen-bond acceptors (Lipinski definition) is 4. The molecule has 10 heteroatoms. The molecule has 0 unspecified atom stereocenters. The van der Waals surface area contributed by atoms with E-state index in [1.54, 1.807) is 30.3 Å². The summed E-state index contributed by atoms with van der Waals surface area (Å²) < 4.78 is 61.7. The van der Waals surface area contributed by atoms with Crippen LogP contribution in [0.25, 0.3) is 22.2 Å². The molecule has 0 saturated heterocycles. The lowest BCUT2D eigenvalue weighted by molar-refractivity contribution is -0.0507. The summed E-state index contributed by atoms with van der Waals surface area (Å²) in [6.07, 6.45) is 1.36. The van der Waals surface area contributed by atoms with Gasteiger partial charge in [0.05, 0.1) is 23.1 Å². The Morgan fingerprint density at radius 1 is 1.11 bits per heavy atom. The van der Waals surface area contributed by atoms with E-state index in [2.05, 4.69) is 5.32 Å². The first-order valence-corrected chi connectivity index (χ1v) is 14.6. The Morgan fingerprint density at radius 2 is 1.89 bits per heavy atom. The van der Waals surface area contributed by atoms with E-state index < -0.39 is 31.7 Å². The SMILES string of the molecule is CCP(=O)(CC)c1ccc(-c2ccc3nc4n(c3c2)[C@@H]2C[C@H]4NC(=O)c3cccc(OC(F)F)c32)c(F)c1. The number of halogens is 3. The molecule has 1 N–H and O–H groups in total. The van der Waals surface area contributed by atoms with E-state index >= 15 is 4.39 Å². The third kappa shape index (κ3) is 3.75. The number of fused-ring (bicyclic) bond motifs is 9. The molecule has 3 heterocycles. The first-order chi connectivity index (χ1) is 18.2. The summed E-state index contributed by atoms with van der Waals surface area (Å²) in [4.78, 5) is 17.7. The molecule has 0 spiro atoms. The average Bonchev–Trinajstić information content (AvgIpc) is 3.39. The summed E-state index contributed by atoms with van der Waals surface area (Å²) in [5.74, 6) is -0.284. The van der Waals surface area contributed by atoms with E-state index in [1.165, 1.54) is 18.2 Å². The van der Waals surface area contributed by atoms with E-state index in [0.29, 0.717) is 57.6 Å². The molecule has 3 aromatic carbocycles. The minimum Gasteiger partial charge on any atom is -0.434 e. The fourth-order valence-corrected chi connectivity index (χ4v) is 7.63. The zero-order chi connectivity index (χ0) is 26.8. The number of ether oxygens (including phenoxy) is 1. The van der Waals surface area contributed by atoms with Gasteiger partial charge in [-0.1, -0.05) is 38.1 Å². The zero-order valence-corrected chi connectivity index (χ0v) is 21.6. The van der Waals surface area contributed by atoms with Crippen molar-refractivity contribution in [3.8, 4) is 16.9 Å². The zero-order valence-electron chi connectivity index (χ0n) is 20.7. The van der Waals surface area contributed by atoms with Crippen molar-refractivity contribution in [2.24, 2.45) is 0 Å². The minimum absolute atomic E-state index is 0.0536. The Bertz CT molecular complexity index is 1640. The van der Waals surface area contributed by atoms with Crippen LogP contribution in [-0.4, -0.2) is 34.4 Å². The molecule has 2 aliphatic rings. The lowest BCUT2D eigenvalue weighted by Gasteiger charge is -2.21. The van der Waals surface area contributed by atoms with Crippen LogP contribution in [0.5, 0.6) is 5.75 Å². The smallest absolute Gasteiger partial charge is 0.387 e. The van der Waals surface area contributed by atoms with Gasteiger partial charge >= 0.3 is 6.61 Å². The predicted octanol–water partition coefficient (Wildman–Crippen LogP) is 6.25. The summed E-state index contributed by atoms with van der Waals surface area (Å²) in [5.41, 5.74) is 2.95. The number of hydrogen-bond donors (Lipinski definition) is 1. The van der Waals surface area contributed by atoms with Crippen LogP contribution >= 0.6 is 7.14 Å². The minimum atomic E-state index is -3.04. The molecule has 38 heavy (non-hydrogen) atoms. The van der Waals surface area contributed by atoms with Crippen molar-refractivity contribution in [2.75, 3.05) is 12.3 Å². The van der Waals surface area contributed by atoms with Crippen LogP contribution in [-0.2, 0) is 4.57 Å². The summed E-state index contributed by atoms with van der Waals surface area (Å²) in [6, 6.07) is 13.8. The highest BCUT2D eigenvalue weighted by Crippen LogP contribution is 2.48. The van der Waals surface area contributed by atoms with E-state index in [9.17, 15) is 18.1 Å². The molecule has 2 bridgehead atoms. The van der Waals surface area contributed by atoms with Gasteiger partial charge in [-0.25, -0.2) is 9.37 Å². The second-order valence-corrected chi connectivity index (χ2v) is 13.2. The summed E-state index contributed by atoms with van der Waals surface area (Å²) in [7, 11) is -2.63. The maximum Gasteiger partial charge on any atom is 0.387 e. The van der Waals surface area contributed by atoms with Crippen molar-refractivity contribution in [3.63, 3.8) is 0 Å². The van der Waals surface area contributed by atoms with Gasteiger partial charge in [0, 0.05) is 34.3 Å². The number of nitrogens with one attached hydrogen (secondary N) is 1. The Morgan fingerprint density at radius 3 is 2.61 bits per heavy atom. The number of nitrogens with zero attached hydrogens (tertiary/aromatic N) is 2. The van der Waals surface area contributed by atoms with Gasteiger partial charge in [0.2, 0.25) is 0 Å². The molecule has 0 fully saturated rings. The van der Waals surface area contributed by atoms with Crippen LogP contribution in [0.1, 0.15) is 54.1 Å². The van der Waals surface area contributed by atoms with E-state index in [1.807, 2.05) is 24.5 Å². The summed E-state index contributed by atoms with van der Waals surface area (Å²) in [5, 5.41) is 3.49. The number of amides is 1. The van der Waals surface area contributed by atoms with E-state index in [-0.39, 0.29) is 17.2 Å². The van der Waals surface area contributed by atoms with Gasteiger partial charge in [0.25, 0.3) is 5.91 Å². The Labute approximate surface area is 217 Å². The fraction of sp³-hybridized carbons (Fsp3) is 0.286. The van der Waals surface area contributed by atoms with Gasteiger partial charge in [0.1, 0.15) is 24.5 Å². The molecular formula is C28H25F3N3O3P. The Hall–Kier alpha value is -3.58. The molecular weight excluding hydrogens is 514 g/mol. The van der Waals surface area contributed by atoms with Crippen molar-refractivity contribution < 1.29 is 27.3 Å². The second-order valence-electron chi connectivity index (χ2n) is 9.60. The third-order valence-corrected chi connectivity index (χ3v) is 11.0. The van der Waals surface area contributed by atoms with Crippen molar-refractivity contribution in [1.29, 1.82) is 0 Å². The number of carbonyl (C=O) groups excluding carboxylic acids is 1. The van der Waals surface area contributed by atoms with Crippen LogP contribution in [0.4, 0.5) is 13.2 Å². The quantitative estimate of drug-likeness (QED) is 0.294. The first-order valence-electron chi connectivity index (χ1n) is 12.5. The van der Waals surface area contributed by atoms with Crippen molar-refractivity contribution >= 4 is 29.4 Å². The summed E-state index contributed by atoms with van der Waals surface area (Å²) >= 11 is 0. The highest BCUT2D eigenvalue weighted by molar-refractivity contribution is 7.71. The number of imidazole rings is 1.